The Labute approximate surface area is 134 Å². The Morgan fingerprint density at radius 3 is 2.52 bits per heavy atom. The first-order valence-electron chi connectivity index (χ1n) is 6.85. The molecule has 2 aromatic rings. The van der Waals surface area contributed by atoms with E-state index in [-0.39, 0.29) is 17.5 Å². The van der Waals surface area contributed by atoms with Gasteiger partial charge in [-0.05, 0) is 35.2 Å². The number of hydrogen-bond donors (Lipinski definition) is 1. The van der Waals surface area contributed by atoms with E-state index in [1.165, 1.54) is 18.2 Å². The Morgan fingerprint density at radius 1 is 1.22 bits per heavy atom. The van der Waals surface area contributed by atoms with Crippen molar-refractivity contribution in [3.63, 3.8) is 0 Å². The molecule has 1 aromatic heterocycles. The molecule has 0 unspecified atom stereocenters. The molecule has 0 saturated carbocycles. The third-order valence-electron chi connectivity index (χ3n) is 2.96. The van der Waals surface area contributed by atoms with Crippen molar-refractivity contribution in [3.05, 3.63) is 59.2 Å². The molecule has 7 heteroatoms. The molecule has 2 rings (SSSR count). The van der Waals surface area contributed by atoms with E-state index in [0.29, 0.717) is 16.8 Å². The SMILES string of the molecule is CC(C)c1ncc(/C=C/c2cccc(F)c2)cc1OS(=O)(=O)O. The average Bonchev–Trinajstić information content (AvgIpc) is 2.43. The third kappa shape index (κ3) is 5.15. The van der Waals surface area contributed by atoms with Crippen LogP contribution in [0.25, 0.3) is 12.2 Å². The van der Waals surface area contributed by atoms with Crippen LogP contribution in [-0.4, -0.2) is 18.0 Å². The summed E-state index contributed by atoms with van der Waals surface area (Å²) in [5.41, 5.74) is 1.61. The molecule has 122 valence electrons. The van der Waals surface area contributed by atoms with Crippen molar-refractivity contribution in [2.45, 2.75) is 19.8 Å². The lowest BCUT2D eigenvalue weighted by atomic mass is 10.1. The second-order valence-corrected chi connectivity index (χ2v) is 6.23. The molecule has 23 heavy (non-hydrogen) atoms. The van der Waals surface area contributed by atoms with Crippen LogP contribution in [0.3, 0.4) is 0 Å². The van der Waals surface area contributed by atoms with E-state index in [2.05, 4.69) is 9.17 Å². The average molecular weight is 337 g/mol. The first-order valence-corrected chi connectivity index (χ1v) is 8.21. The van der Waals surface area contributed by atoms with Gasteiger partial charge in [-0.1, -0.05) is 38.1 Å². The maximum absolute atomic E-state index is 13.1. The fourth-order valence-electron chi connectivity index (χ4n) is 1.98. The van der Waals surface area contributed by atoms with Crippen LogP contribution < -0.4 is 4.18 Å². The molecule has 0 aliphatic heterocycles. The number of nitrogens with zero attached hydrogens (tertiary/aromatic N) is 1. The monoisotopic (exact) mass is 337 g/mol. The smallest absolute Gasteiger partial charge is 0.360 e. The van der Waals surface area contributed by atoms with Gasteiger partial charge in [0.25, 0.3) is 0 Å². The topological polar surface area (TPSA) is 76.5 Å². The summed E-state index contributed by atoms with van der Waals surface area (Å²) in [5, 5.41) is 0. The Bertz CT molecular complexity index is 832. The summed E-state index contributed by atoms with van der Waals surface area (Å²) in [6, 6.07) is 7.47. The van der Waals surface area contributed by atoms with Crippen LogP contribution in [0.1, 0.15) is 36.6 Å². The van der Waals surface area contributed by atoms with Crippen LogP contribution in [0.2, 0.25) is 0 Å². The summed E-state index contributed by atoms with van der Waals surface area (Å²) < 4.78 is 48.5. The van der Waals surface area contributed by atoms with E-state index in [1.54, 1.807) is 30.5 Å². The molecule has 1 N–H and O–H groups in total. The second kappa shape index (κ2) is 6.89. The van der Waals surface area contributed by atoms with Gasteiger partial charge >= 0.3 is 10.4 Å². The van der Waals surface area contributed by atoms with Crippen LogP contribution in [0.5, 0.6) is 5.75 Å². The summed E-state index contributed by atoms with van der Waals surface area (Å²) in [7, 11) is -4.64. The van der Waals surface area contributed by atoms with Crippen LogP contribution in [0, 0.1) is 5.82 Å². The van der Waals surface area contributed by atoms with Gasteiger partial charge in [0, 0.05) is 6.20 Å². The van der Waals surface area contributed by atoms with E-state index in [4.69, 9.17) is 4.55 Å². The summed E-state index contributed by atoms with van der Waals surface area (Å²) in [6.07, 6.45) is 4.84. The van der Waals surface area contributed by atoms with Crippen LogP contribution in [0.4, 0.5) is 4.39 Å². The van der Waals surface area contributed by atoms with Crippen molar-refractivity contribution >= 4 is 22.6 Å². The molecule has 0 saturated heterocycles. The molecular weight excluding hydrogens is 321 g/mol. The zero-order valence-corrected chi connectivity index (χ0v) is 13.4. The lowest BCUT2D eigenvalue weighted by Crippen LogP contribution is -2.10. The van der Waals surface area contributed by atoms with Gasteiger partial charge in [-0.3, -0.25) is 9.54 Å². The Balaban J connectivity index is 2.35. The van der Waals surface area contributed by atoms with Gasteiger partial charge in [0.15, 0.2) is 5.75 Å². The lowest BCUT2D eigenvalue weighted by Gasteiger charge is -2.11. The van der Waals surface area contributed by atoms with Gasteiger partial charge in [0.05, 0.1) is 5.69 Å². The lowest BCUT2D eigenvalue weighted by molar-refractivity contribution is 0.383. The predicted octanol–water partition coefficient (Wildman–Crippen LogP) is 3.70. The number of halogens is 1. The summed E-state index contributed by atoms with van der Waals surface area (Å²) in [4.78, 5) is 4.17. The molecule has 1 aromatic carbocycles. The van der Waals surface area contributed by atoms with Crippen molar-refractivity contribution in [2.24, 2.45) is 0 Å². The summed E-state index contributed by atoms with van der Waals surface area (Å²) in [5.74, 6) is -0.479. The van der Waals surface area contributed by atoms with Gasteiger partial charge in [-0.25, -0.2) is 4.39 Å². The summed E-state index contributed by atoms with van der Waals surface area (Å²) >= 11 is 0. The Hall–Kier alpha value is -2.25. The Morgan fingerprint density at radius 2 is 1.91 bits per heavy atom. The number of rotatable bonds is 5. The van der Waals surface area contributed by atoms with Crippen LogP contribution in [0.15, 0.2) is 36.5 Å². The minimum atomic E-state index is -4.64. The van der Waals surface area contributed by atoms with E-state index in [1.807, 2.05) is 13.8 Å². The first kappa shape index (κ1) is 17.1. The number of benzene rings is 1. The number of aromatic nitrogens is 1. The van der Waals surface area contributed by atoms with Gasteiger partial charge in [0.2, 0.25) is 0 Å². The van der Waals surface area contributed by atoms with E-state index in [0.717, 1.165) is 0 Å². The van der Waals surface area contributed by atoms with Crippen molar-refractivity contribution in [1.82, 2.24) is 4.98 Å². The normalized spacial score (nSPS) is 12.0. The maximum Gasteiger partial charge on any atom is 0.446 e. The third-order valence-corrected chi connectivity index (χ3v) is 3.35. The molecule has 5 nitrogen and oxygen atoms in total. The molecule has 0 aliphatic rings. The molecular formula is C16H16FNO4S. The highest BCUT2D eigenvalue weighted by molar-refractivity contribution is 7.81. The predicted molar refractivity (Wildman–Crippen MR) is 85.8 cm³/mol. The molecule has 0 fully saturated rings. The standard InChI is InChI=1S/C16H16FNO4S/c1-11(2)16-15(22-23(19,20)21)9-13(10-18-16)7-6-12-4-3-5-14(17)8-12/h3-11H,1-2H3,(H,19,20,21)/b7-6+. The first-order chi connectivity index (χ1) is 10.7. The molecule has 0 amide bonds. The molecule has 0 radical (unpaired) electrons. The zero-order valence-electron chi connectivity index (χ0n) is 12.6. The highest BCUT2D eigenvalue weighted by Crippen LogP contribution is 2.27. The number of pyridine rings is 1. The minimum absolute atomic E-state index is 0.0381. The fourth-order valence-corrected chi connectivity index (χ4v) is 2.34. The van der Waals surface area contributed by atoms with Crippen LogP contribution >= 0.6 is 0 Å². The number of hydrogen-bond acceptors (Lipinski definition) is 4. The van der Waals surface area contributed by atoms with E-state index >= 15 is 0 Å². The molecule has 1 heterocycles. The van der Waals surface area contributed by atoms with Crippen molar-refractivity contribution < 1.29 is 21.5 Å². The fraction of sp³-hybridized carbons (Fsp3) is 0.188. The quantitative estimate of drug-likeness (QED) is 0.842. The molecule has 0 aliphatic carbocycles. The largest absolute Gasteiger partial charge is 0.446 e. The van der Waals surface area contributed by atoms with E-state index < -0.39 is 10.4 Å². The minimum Gasteiger partial charge on any atom is -0.360 e. The maximum atomic E-state index is 13.1. The van der Waals surface area contributed by atoms with Gasteiger partial charge in [0.1, 0.15) is 5.82 Å². The van der Waals surface area contributed by atoms with Crippen molar-refractivity contribution in [2.75, 3.05) is 0 Å². The Kier molecular flexibility index (Phi) is 5.12. The van der Waals surface area contributed by atoms with Crippen molar-refractivity contribution in [3.8, 4) is 5.75 Å². The molecule has 0 spiro atoms. The van der Waals surface area contributed by atoms with Gasteiger partial charge in [-0.2, -0.15) is 8.42 Å². The van der Waals surface area contributed by atoms with Gasteiger partial charge < -0.3 is 4.18 Å². The second-order valence-electron chi connectivity index (χ2n) is 5.21. The van der Waals surface area contributed by atoms with Gasteiger partial charge in [-0.15, -0.1) is 0 Å². The van der Waals surface area contributed by atoms with E-state index in [9.17, 15) is 12.8 Å². The highest BCUT2D eigenvalue weighted by Gasteiger charge is 2.15. The summed E-state index contributed by atoms with van der Waals surface area (Å²) in [6.45, 7) is 3.64. The van der Waals surface area contributed by atoms with Crippen molar-refractivity contribution in [1.29, 1.82) is 0 Å². The zero-order chi connectivity index (χ0) is 17.0. The molecule has 0 bridgehead atoms. The molecule has 0 atom stereocenters. The van der Waals surface area contributed by atoms with Crippen LogP contribution in [-0.2, 0) is 10.4 Å². The highest BCUT2D eigenvalue weighted by atomic mass is 32.3.